The third-order valence-electron chi connectivity index (χ3n) is 3.56. The average molecular weight is 432 g/mol. The Hall–Kier alpha value is -2.71. The van der Waals surface area contributed by atoms with Gasteiger partial charge >= 0.3 is 0 Å². The van der Waals surface area contributed by atoms with Crippen LogP contribution in [0.1, 0.15) is 10.4 Å². The molecular formula is C18H14BrN3O3S. The first-order valence-electron chi connectivity index (χ1n) is 7.54. The summed E-state index contributed by atoms with van der Waals surface area (Å²) in [6.07, 6.45) is 0.686. The molecule has 0 atom stereocenters. The highest BCUT2D eigenvalue weighted by Crippen LogP contribution is 2.38. The van der Waals surface area contributed by atoms with Crippen molar-refractivity contribution in [3.05, 3.63) is 58.6 Å². The van der Waals surface area contributed by atoms with Crippen molar-refractivity contribution in [3.8, 4) is 17.0 Å². The van der Waals surface area contributed by atoms with Crippen molar-refractivity contribution in [3.63, 3.8) is 0 Å². The van der Waals surface area contributed by atoms with E-state index in [0.29, 0.717) is 26.7 Å². The Kier molecular flexibility index (Phi) is 5.34. The molecule has 0 unspecified atom stereocenters. The lowest BCUT2D eigenvalue weighted by atomic mass is 10.1. The van der Waals surface area contributed by atoms with Gasteiger partial charge in [-0.15, -0.1) is 0 Å². The van der Waals surface area contributed by atoms with Crippen LogP contribution in [0, 0.1) is 0 Å². The highest BCUT2D eigenvalue weighted by molar-refractivity contribution is 9.10. The van der Waals surface area contributed by atoms with Crippen molar-refractivity contribution >= 4 is 49.7 Å². The normalized spacial score (nSPS) is 10.4. The molecule has 2 amide bonds. The molecule has 2 N–H and O–H groups in total. The number of phenolic OH excluding ortho intramolecular Hbond substituents is 1. The molecule has 0 fully saturated rings. The van der Waals surface area contributed by atoms with E-state index in [-0.39, 0.29) is 11.3 Å². The summed E-state index contributed by atoms with van der Waals surface area (Å²) < 4.78 is 0.672. The van der Waals surface area contributed by atoms with E-state index in [1.54, 1.807) is 13.1 Å². The van der Waals surface area contributed by atoms with E-state index in [1.165, 1.54) is 28.4 Å². The summed E-state index contributed by atoms with van der Waals surface area (Å²) in [5.41, 5.74) is 1.55. The van der Waals surface area contributed by atoms with Gasteiger partial charge in [-0.2, -0.15) is 0 Å². The van der Waals surface area contributed by atoms with Gasteiger partial charge in [-0.1, -0.05) is 57.6 Å². The van der Waals surface area contributed by atoms with Crippen LogP contribution < -0.4 is 10.2 Å². The number of anilines is 2. The van der Waals surface area contributed by atoms with Gasteiger partial charge in [0.2, 0.25) is 6.41 Å². The number of benzene rings is 2. The molecule has 0 aliphatic heterocycles. The standard InChI is InChI=1S/C18H14BrN3O3S/c1-22(10-23)17-15(11-5-3-2-4-6-11)20-18(26-17)21-16(25)13-9-12(19)7-8-14(13)24/h2-10,24H,1H3,(H,20,21,25). The Morgan fingerprint density at radius 1 is 1.27 bits per heavy atom. The topological polar surface area (TPSA) is 82.5 Å². The van der Waals surface area contributed by atoms with Gasteiger partial charge in [-0.05, 0) is 18.2 Å². The number of aromatic hydroxyl groups is 1. The number of thiazole rings is 1. The van der Waals surface area contributed by atoms with Crippen LogP contribution in [0.2, 0.25) is 0 Å². The number of phenols is 1. The second-order valence-electron chi connectivity index (χ2n) is 5.37. The minimum absolute atomic E-state index is 0.126. The summed E-state index contributed by atoms with van der Waals surface area (Å²) in [5, 5.41) is 13.5. The number of amides is 2. The van der Waals surface area contributed by atoms with Gasteiger partial charge in [-0.3, -0.25) is 14.9 Å². The zero-order valence-corrected chi connectivity index (χ0v) is 16.0. The summed E-state index contributed by atoms with van der Waals surface area (Å²) in [7, 11) is 1.62. The van der Waals surface area contributed by atoms with Crippen LogP contribution in [-0.2, 0) is 4.79 Å². The number of carbonyl (C=O) groups excluding carboxylic acids is 2. The summed E-state index contributed by atoms with van der Waals surface area (Å²) >= 11 is 4.45. The molecule has 1 heterocycles. The number of hydrogen-bond donors (Lipinski definition) is 2. The molecular weight excluding hydrogens is 418 g/mol. The highest BCUT2D eigenvalue weighted by Gasteiger charge is 2.19. The SMILES string of the molecule is CN(C=O)c1sc(NC(=O)c2cc(Br)ccc2O)nc1-c1ccccc1. The predicted molar refractivity (Wildman–Crippen MR) is 106 cm³/mol. The molecule has 6 nitrogen and oxygen atoms in total. The smallest absolute Gasteiger partial charge is 0.261 e. The number of nitrogens with one attached hydrogen (secondary N) is 1. The molecule has 132 valence electrons. The Balaban J connectivity index is 1.96. The molecule has 0 spiro atoms. The quantitative estimate of drug-likeness (QED) is 0.595. The van der Waals surface area contributed by atoms with E-state index >= 15 is 0 Å². The fourth-order valence-corrected chi connectivity index (χ4v) is 3.56. The van der Waals surface area contributed by atoms with Gasteiger partial charge in [0.1, 0.15) is 16.4 Å². The van der Waals surface area contributed by atoms with Crippen molar-refractivity contribution in [1.82, 2.24) is 4.98 Å². The first-order chi connectivity index (χ1) is 12.5. The summed E-state index contributed by atoms with van der Waals surface area (Å²) in [6.45, 7) is 0. The molecule has 0 saturated heterocycles. The van der Waals surface area contributed by atoms with E-state index in [4.69, 9.17) is 0 Å². The number of rotatable bonds is 5. The first kappa shape index (κ1) is 18.1. The molecule has 0 aliphatic carbocycles. The number of hydrogen-bond acceptors (Lipinski definition) is 5. The van der Waals surface area contributed by atoms with Crippen molar-refractivity contribution < 1.29 is 14.7 Å². The lowest BCUT2D eigenvalue weighted by Gasteiger charge is -2.09. The highest BCUT2D eigenvalue weighted by atomic mass is 79.9. The zero-order valence-electron chi connectivity index (χ0n) is 13.6. The monoisotopic (exact) mass is 431 g/mol. The largest absolute Gasteiger partial charge is 0.507 e. The maximum absolute atomic E-state index is 12.5. The summed E-state index contributed by atoms with van der Waals surface area (Å²) in [4.78, 5) is 29.5. The molecule has 0 saturated carbocycles. The van der Waals surface area contributed by atoms with E-state index < -0.39 is 5.91 Å². The van der Waals surface area contributed by atoms with Gasteiger partial charge in [0.25, 0.3) is 5.91 Å². The van der Waals surface area contributed by atoms with Crippen molar-refractivity contribution in [2.45, 2.75) is 0 Å². The number of halogens is 1. The zero-order chi connectivity index (χ0) is 18.7. The second-order valence-corrected chi connectivity index (χ2v) is 7.26. The van der Waals surface area contributed by atoms with Crippen molar-refractivity contribution in [1.29, 1.82) is 0 Å². The Morgan fingerprint density at radius 3 is 2.69 bits per heavy atom. The Morgan fingerprint density at radius 2 is 2.00 bits per heavy atom. The van der Waals surface area contributed by atoms with Crippen LogP contribution in [0.15, 0.2) is 53.0 Å². The van der Waals surface area contributed by atoms with E-state index in [2.05, 4.69) is 26.2 Å². The average Bonchev–Trinajstić information content (AvgIpc) is 3.07. The lowest BCUT2D eigenvalue weighted by molar-refractivity contribution is -0.107. The molecule has 3 rings (SSSR count). The molecule has 3 aromatic rings. The third-order valence-corrected chi connectivity index (χ3v) is 5.11. The maximum atomic E-state index is 12.5. The van der Waals surface area contributed by atoms with E-state index in [9.17, 15) is 14.7 Å². The van der Waals surface area contributed by atoms with Crippen LogP contribution in [-0.4, -0.2) is 29.5 Å². The molecule has 0 bridgehead atoms. The van der Waals surface area contributed by atoms with Crippen LogP contribution >= 0.6 is 27.3 Å². The van der Waals surface area contributed by atoms with E-state index in [1.807, 2.05) is 30.3 Å². The predicted octanol–water partition coefficient (Wildman–Crippen LogP) is 4.12. The molecule has 8 heteroatoms. The number of carbonyl (C=O) groups is 2. The first-order valence-corrected chi connectivity index (χ1v) is 9.15. The third kappa shape index (κ3) is 3.76. The lowest BCUT2D eigenvalue weighted by Crippen LogP contribution is -2.13. The van der Waals surface area contributed by atoms with Gasteiger partial charge in [0, 0.05) is 17.1 Å². The van der Waals surface area contributed by atoms with Crippen LogP contribution in [0.25, 0.3) is 11.3 Å². The van der Waals surface area contributed by atoms with Crippen LogP contribution in [0.3, 0.4) is 0 Å². The van der Waals surface area contributed by atoms with Gasteiger partial charge in [-0.25, -0.2) is 4.98 Å². The molecule has 26 heavy (non-hydrogen) atoms. The number of nitrogens with zero attached hydrogens (tertiary/aromatic N) is 2. The van der Waals surface area contributed by atoms with Gasteiger partial charge in [0.05, 0.1) is 5.56 Å². The van der Waals surface area contributed by atoms with Crippen molar-refractivity contribution in [2.75, 3.05) is 17.3 Å². The van der Waals surface area contributed by atoms with Gasteiger partial charge < -0.3 is 10.0 Å². The summed E-state index contributed by atoms with van der Waals surface area (Å²) in [5.74, 6) is -0.617. The minimum atomic E-state index is -0.488. The molecule has 2 aromatic carbocycles. The summed E-state index contributed by atoms with van der Waals surface area (Å²) in [6, 6.07) is 14.0. The Bertz CT molecular complexity index is 960. The van der Waals surface area contributed by atoms with E-state index in [0.717, 1.165) is 5.56 Å². The fourth-order valence-electron chi connectivity index (χ4n) is 2.29. The fraction of sp³-hybridized carbons (Fsp3) is 0.0556. The maximum Gasteiger partial charge on any atom is 0.261 e. The molecule has 1 aromatic heterocycles. The molecule has 0 aliphatic rings. The Labute approximate surface area is 162 Å². The van der Waals surface area contributed by atoms with Crippen LogP contribution in [0.4, 0.5) is 10.1 Å². The molecule has 0 radical (unpaired) electrons. The van der Waals surface area contributed by atoms with Crippen LogP contribution in [0.5, 0.6) is 5.75 Å². The van der Waals surface area contributed by atoms with Gasteiger partial charge in [0.15, 0.2) is 5.13 Å². The second kappa shape index (κ2) is 7.67. The minimum Gasteiger partial charge on any atom is -0.507 e. The van der Waals surface area contributed by atoms with Crippen molar-refractivity contribution in [2.24, 2.45) is 0 Å². The number of aromatic nitrogens is 1.